The van der Waals surface area contributed by atoms with E-state index in [1.54, 1.807) is 6.07 Å². The van der Waals surface area contributed by atoms with Gasteiger partial charge in [-0.05, 0) is 36.0 Å². The molecule has 0 bridgehead atoms. The van der Waals surface area contributed by atoms with Crippen molar-refractivity contribution in [2.45, 2.75) is 19.3 Å². The molecule has 0 radical (unpaired) electrons. The van der Waals surface area contributed by atoms with Gasteiger partial charge in [-0.3, -0.25) is 0 Å². The lowest BCUT2D eigenvalue weighted by Crippen LogP contribution is -2.09. The maximum atomic E-state index is 9.37. The van der Waals surface area contributed by atoms with E-state index in [9.17, 15) is 5.11 Å². The van der Waals surface area contributed by atoms with E-state index in [0.717, 1.165) is 19.6 Å². The minimum absolute atomic E-state index is 0.355. The Morgan fingerprint density at radius 2 is 2.36 bits per heavy atom. The Morgan fingerprint density at radius 1 is 1.50 bits per heavy atom. The minimum Gasteiger partial charge on any atom is -0.508 e. The topological polar surface area (TPSA) is 29.5 Å². The SMILES string of the molecule is CC(c1cccc(O)c1)C1CCOC1. The van der Waals surface area contributed by atoms with E-state index in [4.69, 9.17) is 4.74 Å². The number of aromatic hydroxyl groups is 1. The smallest absolute Gasteiger partial charge is 0.115 e. The Morgan fingerprint density at radius 3 is 3.00 bits per heavy atom. The van der Waals surface area contributed by atoms with Crippen LogP contribution in [-0.2, 0) is 4.74 Å². The molecule has 2 unspecified atom stereocenters. The summed E-state index contributed by atoms with van der Waals surface area (Å²) >= 11 is 0. The van der Waals surface area contributed by atoms with Crippen molar-refractivity contribution < 1.29 is 9.84 Å². The van der Waals surface area contributed by atoms with Gasteiger partial charge in [0.1, 0.15) is 5.75 Å². The van der Waals surface area contributed by atoms with Gasteiger partial charge in [-0.15, -0.1) is 0 Å². The fraction of sp³-hybridized carbons (Fsp3) is 0.500. The molecule has 76 valence electrons. The second-order valence-electron chi connectivity index (χ2n) is 4.01. The van der Waals surface area contributed by atoms with Crippen LogP contribution < -0.4 is 0 Å². The lowest BCUT2D eigenvalue weighted by Gasteiger charge is -2.17. The van der Waals surface area contributed by atoms with Crippen molar-refractivity contribution in [3.63, 3.8) is 0 Å². The quantitative estimate of drug-likeness (QED) is 0.780. The minimum atomic E-state index is 0.355. The molecule has 2 heteroatoms. The molecule has 1 aliphatic heterocycles. The molecule has 2 rings (SSSR count). The molecule has 1 aromatic rings. The summed E-state index contributed by atoms with van der Waals surface area (Å²) in [5.74, 6) is 1.44. The van der Waals surface area contributed by atoms with Gasteiger partial charge >= 0.3 is 0 Å². The Balaban J connectivity index is 2.13. The zero-order chi connectivity index (χ0) is 9.97. The fourth-order valence-corrected chi connectivity index (χ4v) is 2.03. The fourth-order valence-electron chi connectivity index (χ4n) is 2.03. The first-order chi connectivity index (χ1) is 6.77. The molecule has 1 fully saturated rings. The molecule has 2 nitrogen and oxygen atoms in total. The molecule has 2 atom stereocenters. The molecular formula is C12H16O2. The zero-order valence-electron chi connectivity index (χ0n) is 8.44. The van der Waals surface area contributed by atoms with Crippen LogP contribution in [0.4, 0.5) is 0 Å². The number of rotatable bonds is 2. The highest BCUT2D eigenvalue weighted by Gasteiger charge is 2.23. The Labute approximate surface area is 84.5 Å². The number of phenols is 1. The van der Waals surface area contributed by atoms with Crippen molar-refractivity contribution in [3.05, 3.63) is 29.8 Å². The third-order valence-corrected chi connectivity index (χ3v) is 3.07. The molecule has 1 saturated heterocycles. The van der Waals surface area contributed by atoms with E-state index in [1.165, 1.54) is 5.56 Å². The molecule has 1 heterocycles. The summed E-state index contributed by atoms with van der Waals surface area (Å²) < 4.78 is 5.37. The van der Waals surface area contributed by atoms with Crippen LogP contribution in [0.5, 0.6) is 5.75 Å². The van der Waals surface area contributed by atoms with E-state index < -0.39 is 0 Å². The number of phenolic OH excluding ortho intramolecular Hbond substituents is 1. The van der Waals surface area contributed by atoms with Crippen LogP contribution in [0.2, 0.25) is 0 Å². The highest BCUT2D eigenvalue weighted by molar-refractivity contribution is 5.29. The third-order valence-electron chi connectivity index (χ3n) is 3.07. The van der Waals surface area contributed by atoms with E-state index in [1.807, 2.05) is 12.1 Å². The van der Waals surface area contributed by atoms with Gasteiger partial charge in [0, 0.05) is 6.61 Å². The molecule has 0 amide bonds. The highest BCUT2D eigenvalue weighted by atomic mass is 16.5. The third kappa shape index (κ3) is 1.90. The molecule has 0 saturated carbocycles. The van der Waals surface area contributed by atoms with E-state index in [-0.39, 0.29) is 0 Å². The average molecular weight is 192 g/mol. The van der Waals surface area contributed by atoms with Gasteiger partial charge in [0.25, 0.3) is 0 Å². The summed E-state index contributed by atoms with van der Waals surface area (Å²) in [6, 6.07) is 7.53. The van der Waals surface area contributed by atoms with Crippen LogP contribution in [0.3, 0.4) is 0 Å². The van der Waals surface area contributed by atoms with Gasteiger partial charge in [-0.1, -0.05) is 19.1 Å². The van der Waals surface area contributed by atoms with Crippen LogP contribution in [-0.4, -0.2) is 18.3 Å². The number of hydrogen-bond acceptors (Lipinski definition) is 2. The highest BCUT2D eigenvalue weighted by Crippen LogP contribution is 2.31. The predicted molar refractivity (Wildman–Crippen MR) is 55.4 cm³/mol. The van der Waals surface area contributed by atoms with Crippen LogP contribution in [0, 0.1) is 5.92 Å². The molecule has 1 N–H and O–H groups in total. The number of benzene rings is 1. The molecule has 14 heavy (non-hydrogen) atoms. The first-order valence-corrected chi connectivity index (χ1v) is 5.14. The second kappa shape index (κ2) is 4.01. The van der Waals surface area contributed by atoms with Gasteiger partial charge in [0.05, 0.1) is 6.61 Å². The van der Waals surface area contributed by atoms with Gasteiger partial charge in [-0.2, -0.15) is 0 Å². The van der Waals surface area contributed by atoms with E-state index in [2.05, 4.69) is 13.0 Å². The van der Waals surface area contributed by atoms with Gasteiger partial charge < -0.3 is 9.84 Å². The predicted octanol–water partition coefficient (Wildman–Crippen LogP) is 2.53. The zero-order valence-corrected chi connectivity index (χ0v) is 8.44. The van der Waals surface area contributed by atoms with Crippen LogP contribution >= 0.6 is 0 Å². The van der Waals surface area contributed by atoms with Gasteiger partial charge in [-0.25, -0.2) is 0 Å². The van der Waals surface area contributed by atoms with Crippen LogP contribution in [0.25, 0.3) is 0 Å². The van der Waals surface area contributed by atoms with Gasteiger partial charge in [0.2, 0.25) is 0 Å². The first kappa shape index (κ1) is 9.53. The lowest BCUT2D eigenvalue weighted by molar-refractivity contribution is 0.181. The van der Waals surface area contributed by atoms with E-state index in [0.29, 0.717) is 17.6 Å². The average Bonchev–Trinajstić information content (AvgIpc) is 2.69. The maximum Gasteiger partial charge on any atom is 0.115 e. The van der Waals surface area contributed by atoms with Crippen LogP contribution in [0.1, 0.15) is 24.8 Å². The van der Waals surface area contributed by atoms with E-state index >= 15 is 0 Å². The Hall–Kier alpha value is -1.02. The van der Waals surface area contributed by atoms with Crippen LogP contribution in [0.15, 0.2) is 24.3 Å². The molecule has 0 aliphatic carbocycles. The molecular weight excluding hydrogens is 176 g/mol. The summed E-state index contributed by atoms with van der Waals surface area (Å²) in [5, 5.41) is 9.37. The van der Waals surface area contributed by atoms with Crippen molar-refractivity contribution >= 4 is 0 Å². The number of hydrogen-bond donors (Lipinski definition) is 1. The summed E-state index contributed by atoms with van der Waals surface area (Å²) in [6.45, 7) is 3.94. The maximum absolute atomic E-state index is 9.37. The van der Waals surface area contributed by atoms with Crippen molar-refractivity contribution in [3.8, 4) is 5.75 Å². The van der Waals surface area contributed by atoms with Crippen molar-refractivity contribution in [1.82, 2.24) is 0 Å². The lowest BCUT2D eigenvalue weighted by atomic mass is 9.87. The van der Waals surface area contributed by atoms with Crippen molar-refractivity contribution in [1.29, 1.82) is 0 Å². The first-order valence-electron chi connectivity index (χ1n) is 5.14. The number of ether oxygens (including phenoxy) is 1. The van der Waals surface area contributed by atoms with Gasteiger partial charge in [0.15, 0.2) is 0 Å². The molecule has 1 aliphatic rings. The Bertz CT molecular complexity index is 303. The Kier molecular flexibility index (Phi) is 2.73. The summed E-state index contributed by atoms with van der Waals surface area (Å²) in [4.78, 5) is 0. The molecule has 1 aromatic carbocycles. The molecule has 0 aromatic heterocycles. The molecule has 0 spiro atoms. The monoisotopic (exact) mass is 192 g/mol. The summed E-state index contributed by atoms with van der Waals surface area (Å²) in [6.07, 6.45) is 1.14. The second-order valence-corrected chi connectivity index (χ2v) is 4.01. The van der Waals surface area contributed by atoms with Crippen molar-refractivity contribution in [2.75, 3.05) is 13.2 Å². The summed E-state index contributed by atoms with van der Waals surface area (Å²) in [5.41, 5.74) is 1.21. The summed E-state index contributed by atoms with van der Waals surface area (Å²) in [7, 11) is 0. The largest absolute Gasteiger partial charge is 0.508 e. The standard InChI is InChI=1S/C12H16O2/c1-9(11-5-6-14-8-11)10-3-2-4-12(13)7-10/h2-4,7,9,11,13H,5-6,8H2,1H3. The normalized spacial score (nSPS) is 23.6. The van der Waals surface area contributed by atoms with Crippen molar-refractivity contribution in [2.24, 2.45) is 5.92 Å².